The highest BCUT2D eigenvalue weighted by molar-refractivity contribution is 6.30. The van der Waals surface area contributed by atoms with Gasteiger partial charge in [0.15, 0.2) is 0 Å². The number of aliphatic carboxylic acids is 1. The van der Waals surface area contributed by atoms with E-state index in [-0.39, 0.29) is 11.8 Å². The van der Waals surface area contributed by atoms with Gasteiger partial charge in [0.1, 0.15) is 11.6 Å². The summed E-state index contributed by atoms with van der Waals surface area (Å²) >= 11 is 6.21. The molecule has 1 aromatic heterocycles. The monoisotopic (exact) mass is 428 g/mol. The highest BCUT2D eigenvalue weighted by Gasteiger charge is 2.36. The van der Waals surface area contributed by atoms with Gasteiger partial charge in [0, 0.05) is 36.4 Å². The molecule has 2 aliphatic heterocycles. The van der Waals surface area contributed by atoms with Gasteiger partial charge in [-0.25, -0.2) is 0 Å². The van der Waals surface area contributed by atoms with Crippen molar-refractivity contribution in [3.63, 3.8) is 0 Å². The number of rotatable bonds is 3. The Morgan fingerprint density at radius 2 is 1.80 bits per heavy atom. The first-order valence-electron chi connectivity index (χ1n) is 10.8. The minimum Gasteiger partial charge on any atom is -0.481 e. The molecule has 30 heavy (non-hydrogen) atoms. The smallest absolute Gasteiger partial charge is 0.307 e. The Hall–Kier alpha value is -2.41. The van der Waals surface area contributed by atoms with E-state index in [1.54, 1.807) is 0 Å². The zero-order valence-corrected chi connectivity index (χ0v) is 17.5. The third-order valence-corrected chi connectivity index (χ3v) is 7.13. The minimum atomic E-state index is -0.830. The second-order valence-corrected chi connectivity index (χ2v) is 9.19. The van der Waals surface area contributed by atoms with Crippen LogP contribution in [0, 0.1) is 11.8 Å². The Balaban J connectivity index is 1.43. The van der Waals surface area contributed by atoms with Crippen molar-refractivity contribution in [3.8, 4) is 5.69 Å². The van der Waals surface area contributed by atoms with Gasteiger partial charge in [-0.15, -0.1) is 10.2 Å². The maximum Gasteiger partial charge on any atom is 0.307 e. The summed E-state index contributed by atoms with van der Waals surface area (Å²) in [4.78, 5) is 26.3. The van der Waals surface area contributed by atoms with Crippen LogP contribution in [0.3, 0.4) is 0 Å². The second-order valence-electron chi connectivity index (χ2n) is 8.75. The largest absolute Gasteiger partial charge is 0.481 e. The molecule has 1 N–H and O–H groups in total. The molecule has 158 valence electrons. The summed E-state index contributed by atoms with van der Waals surface area (Å²) in [6.45, 7) is 1.81. The van der Waals surface area contributed by atoms with Gasteiger partial charge in [-0.05, 0) is 62.3 Å². The van der Waals surface area contributed by atoms with Gasteiger partial charge in [-0.1, -0.05) is 11.6 Å². The van der Waals surface area contributed by atoms with E-state index >= 15 is 0 Å². The van der Waals surface area contributed by atoms with E-state index in [0.29, 0.717) is 29.6 Å². The van der Waals surface area contributed by atoms with Crippen molar-refractivity contribution < 1.29 is 14.7 Å². The third-order valence-electron chi connectivity index (χ3n) is 6.89. The highest BCUT2D eigenvalue weighted by atomic mass is 35.5. The van der Waals surface area contributed by atoms with Gasteiger partial charge < -0.3 is 10.0 Å². The molecule has 2 fully saturated rings. The number of benzene rings is 1. The number of nitrogens with zero attached hydrogens (tertiary/aromatic N) is 4. The lowest BCUT2D eigenvalue weighted by Gasteiger charge is -2.36. The Morgan fingerprint density at radius 1 is 1.03 bits per heavy atom. The van der Waals surface area contributed by atoms with Crippen LogP contribution in [-0.2, 0) is 22.4 Å². The van der Waals surface area contributed by atoms with Crippen LogP contribution in [0.15, 0.2) is 18.2 Å². The summed E-state index contributed by atoms with van der Waals surface area (Å²) in [6, 6.07) is 5.63. The normalized spacial score (nSPS) is 25.6. The molecule has 1 unspecified atom stereocenters. The highest BCUT2D eigenvalue weighted by Crippen LogP contribution is 2.39. The number of likely N-dealkylation sites (tertiary alicyclic amines) is 1. The molecule has 5 rings (SSSR count). The predicted octanol–water partition coefficient (Wildman–Crippen LogP) is 3.23. The number of aromatic nitrogens is 3. The number of amides is 1. The first kappa shape index (κ1) is 19.5. The van der Waals surface area contributed by atoms with Crippen LogP contribution in [0.5, 0.6) is 0 Å². The average Bonchev–Trinajstić information content (AvgIpc) is 3.02. The first-order chi connectivity index (χ1) is 14.5. The van der Waals surface area contributed by atoms with E-state index in [9.17, 15) is 14.7 Å². The average molecular weight is 429 g/mol. The molecular formula is C22H25ClN4O3. The Bertz CT molecular complexity index is 992. The van der Waals surface area contributed by atoms with Crippen LogP contribution in [0.25, 0.3) is 5.69 Å². The summed E-state index contributed by atoms with van der Waals surface area (Å²) in [5, 5.41) is 19.2. The topological polar surface area (TPSA) is 88.3 Å². The zero-order valence-electron chi connectivity index (χ0n) is 16.8. The maximum atomic E-state index is 12.6. The number of halogens is 1. The fourth-order valence-corrected chi connectivity index (χ4v) is 5.25. The quantitative estimate of drug-likeness (QED) is 0.810. The molecule has 0 spiro atoms. The Labute approximate surface area is 180 Å². The van der Waals surface area contributed by atoms with Crippen molar-refractivity contribution >= 4 is 23.5 Å². The molecule has 0 bridgehead atoms. The lowest BCUT2D eigenvalue weighted by molar-refractivity contribution is -0.142. The number of carboxylic acid groups (broad SMARTS) is 1. The molecule has 1 saturated carbocycles. The lowest BCUT2D eigenvalue weighted by Crippen LogP contribution is -2.45. The molecule has 1 amide bonds. The molecule has 1 atom stereocenters. The first-order valence-corrected chi connectivity index (χ1v) is 11.1. The van der Waals surface area contributed by atoms with Gasteiger partial charge in [0.25, 0.3) is 0 Å². The summed E-state index contributed by atoms with van der Waals surface area (Å²) in [7, 11) is 0. The van der Waals surface area contributed by atoms with Crippen molar-refractivity contribution in [1.82, 2.24) is 19.7 Å². The molecule has 1 aromatic carbocycles. The Kier molecular flexibility index (Phi) is 5.01. The summed E-state index contributed by atoms with van der Waals surface area (Å²) in [6.07, 6.45) is 5.42. The number of carbonyl (C=O) groups excluding carboxylic acids is 1. The summed E-state index contributed by atoms with van der Waals surface area (Å²) < 4.78 is 2.05. The van der Waals surface area contributed by atoms with Crippen molar-refractivity contribution in [2.75, 3.05) is 13.1 Å². The molecule has 7 nitrogen and oxygen atoms in total. The molecule has 1 aliphatic carbocycles. The van der Waals surface area contributed by atoms with Crippen molar-refractivity contribution in [2.24, 2.45) is 11.8 Å². The van der Waals surface area contributed by atoms with E-state index in [0.717, 1.165) is 62.3 Å². The second kappa shape index (κ2) is 7.69. The number of carboxylic acids is 1. The van der Waals surface area contributed by atoms with Crippen LogP contribution in [0.1, 0.15) is 55.2 Å². The molecule has 0 radical (unpaired) electrons. The third kappa shape index (κ3) is 3.39. The van der Waals surface area contributed by atoms with Crippen LogP contribution in [0.4, 0.5) is 0 Å². The number of hydrogen-bond donors (Lipinski definition) is 1. The molecular weight excluding hydrogens is 404 g/mol. The number of fused-ring (bicyclic) bond motifs is 3. The van der Waals surface area contributed by atoms with E-state index in [1.165, 1.54) is 0 Å². The van der Waals surface area contributed by atoms with Gasteiger partial charge in [0.05, 0.1) is 11.6 Å². The van der Waals surface area contributed by atoms with Crippen LogP contribution < -0.4 is 0 Å². The zero-order chi connectivity index (χ0) is 20.8. The maximum absolute atomic E-state index is 12.6. The fraction of sp³-hybridized carbons (Fsp3) is 0.545. The van der Waals surface area contributed by atoms with Crippen LogP contribution >= 0.6 is 11.6 Å². The van der Waals surface area contributed by atoms with Crippen molar-refractivity contribution in [1.29, 1.82) is 0 Å². The summed E-state index contributed by atoms with van der Waals surface area (Å²) in [5.41, 5.74) is 1.84. The SMILES string of the molecule is O=C(O)C1Cc2cc(Cl)ccc2-n2c(nnc2C2CCC(C(=O)N3CCC3)CC2)C1. The van der Waals surface area contributed by atoms with E-state index < -0.39 is 11.9 Å². The van der Waals surface area contributed by atoms with Gasteiger partial charge in [0.2, 0.25) is 5.91 Å². The van der Waals surface area contributed by atoms with E-state index in [1.807, 2.05) is 23.1 Å². The molecule has 3 heterocycles. The van der Waals surface area contributed by atoms with Crippen molar-refractivity contribution in [2.45, 2.75) is 50.9 Å². The molecule has 3 aliphatic rings. The lowest BCUT2D eigenvalue weighted by atomic mass is 9.80. The standard InChI is InChI=1S/C22H25ClN4O3/c23-17-6-7-18-15(11-17)10-16(22(29)30)12-19-24-25-20(27(18)19)13-2-4-14(5-3-13)21(28)26-8-1-9-26/h6-7,11,13-14,16H,1-5,8-10,12H2,(H,29,30). The molecule has 1 saturated heterocycles. The number of carbonyl (C=O) groups is 2. The van der Waals surface area contributed by atoms with E-state index in [2.05, 4.69) is 14.8 Å². The van der Waals surface area contributed by atoms with Gasteiger partial charge in [-0.2, -0.15) is 0 Å². The van der Waals surface area contributed by atoms with Crippen molar-refractivity contribution in [3.05, 3.63) is 40.4 Å². The molecule has 2 aromatic rings. The van der Waals surface area contributed by atoms with Crippen LogP contribution in [-0.4, -0.2) is 49.7 Å². The van der Waals surface area contributed by atoms with Gasteiger partial charge in [-0.3, -0.25) is 14.2 Å². The molecule has 8 heteroatoms. The van der Waals surface area contributed by atoms with Crippen LogP contribution in [0.2, 0.25) is 5.02 Å². The van der Waals surface area contributed by atoms with Gasteiger partial charge >= 0.3 is 5.97 Å². The minimum absolute atomic E-state index is 0.121. The number of hydrogen-bond acceptors (Lipinski definition) is 4. The van der Waals surface area contributed by atoms with E-state index in [4.69, 9.17) is 11.6 Å². The summed E-state index contributed by atoms with van der Waals surface area (Å²) in [5.74, 6) is 0.845. The Morgan fingerprint density at radius 3 is 2.47 bits per heavy atom. The predicted molar refractivity (Wildman–Crippen MR) is 111 cm³/mol. The fourth-order valence-electron chi connectivity index (χ4n) is 5.05.